The monoisotopic (exact) mass is 397 g/mol. The van der Waals surface area contributed by atoms with Crippen molar-refractivity contribution in [2.45, 2.75) is 26.8 Å². The number of aryl methyl sites for hydroxylation is 1. The van der Waals surface area contributed by atoms with Crippen LogP contribution in [0.1, 0.15) is 37.2 Å². The van der Waals surface area contributed by atoms with Gasteiger partial charge in [-0.05, 0) is 31.2 Å². The summed E-state index contributed by atoms with van der Waals surface area (Å²) in [4.78, 5) is 53.6. The van der Waals surface area contributed by atoms with Crippen molar-refractivity contribution in [1.82, 2.24) is 18.7 Å². The second-order valence-corrected chi connectivity index (χ2v) is 7.29. The van der Waals surface area contributed by atoms with Crippen molar-refractivity contribution in [1.29, 1.82) is 0 Å². The summed E-state index contributed by atoms with van der Waals surface area (Å²) < 4.78 is 3.74. The van der Waals surface area contributed by atoms with E-state index in [2.05, 4.69) is 10.3 Å². The Kier molecular flexibility index (Phi) is 5.23. The van der Waals surface area contributed by atoms with Crippen molar-refractivity contribution in [2.75, 3.05) is 5.32 Å². The van der Waals surface area contributed by atoms with Gasteiger partial charge < -0.3 is 9.88 Å². The van der Waals surface area contributed by atoms with Crippen molar-refractivity contribution in [2.24, 2.45) is 20.0 Å². The number of aromatic nitrogens is 4. The molecule has 152 valence electrons. The highest BCUT2D eigenvalue weighted by Gasteiger charge is 2.23. The number of anilines is 1. The second-order valence-electron chi connectivity index (χ2n) is 7.29. The average Bonchev–Trinajstić information content (AvgIpc) is 3.15. The quantitative estimate of drug-likeness (QED) is 0.656. The highest BCUT2D eigenvalue weighted by atomic mass is 16.2. The zero-order valence-electron chi connectivity index (χ0n) is 17.0. The highest BCUT2D eigenvalue weighted by molar-refractivity contribution is 6.00. The van der Waals surface area contributed by atoms with Gasteiger partial charge in [-0.25, -0.2) is 9.78 Å². The lowest BCUT2D eigenvalue weighted by molar-refractivity contribution is -0.118. The van der Waals surface area contributed by atoms with E-state index in [0.29, 0.717) is 11.3 Å². The molecule has 0 bridgehead atoms. The first-order valence-electron chi connectivity index (χ1n) is 9.21. The first-order valence-corrected chi connectivity index (χ1v) is 9.21. The lowest BCUT2D eigenvalue weighted by atomic mass is 10.0. The van der Waals surface area contributed by atoms with Crippen LogP contribution in [0.2, 0.25) is 0 Å². The zero-order chi connectivity index (χ0) is 21.5. The molecular weight excluding hydrogens is 374 g/mol. The van der Waals surface area contributed by atoms with Crippen molar-refractivity contribution in [3.8, 4) is 0 Å². The summed E-state index contributed by atoms with van der Waals surface area (Å²) in [6.07, 6.45) is 1.39. The second kappa shape index (κ2) is 7.50. The number of hydrogen-bond acceptors (Lipinski definition) is 5. The van der Waals surface area contributed by atoms with Crippen LogP contribution >= 0.6 is 0 Å². The number of rotatable bonds is 5. The van der Waals surface area contributed by atoms with Gasteiger partial charge in [0.25, 0.3) is 5.56 Å². The average molecular weight is 397 g/mol. The van der Waals surface area contributed by atoms with E-state index in [-0.39, 0.29) is 28.8 Å². The number of hydrogen-bond donors (Lipinski definition) is 1. The summed E-state index contributed by atoms with van der Waals surface area (Å²) in [6.45, 7) is 5.26. The fraction of sp³-hybridized carbons (Fsp3) is 0.350. The zero-order valence-corrected chi connectivity index (χ0v) is 17.0. The normalized spacial score (nSPS) is 12.3. The molecule has 0 saturated carbocycles. The summed E-state index contributed by atoms with van der Waals surface area (Å²) in [5.41, 5.74) is 0.465. The van der Waals surface area contributed by atoms with Gasteiger partial charge in [-0.2, -0.15) is 0 Å². The molecule has 9 heteroatoms. The molecule has 0 saturated heterocycles. The van der Waals surface area contributed by atoms with Gasteiger partial charge >= 0.3 is 5.69 Å². The molecule has 1 amide bonds. The fourth-order valence-corrected chi connectivity index (χ4v) is 3.03. The summed E-state index contributed by atoms with van der Waals surface area (Å²) in [7, 11) is 2.91. The Morgan fingerprint density at radius 3 is 2.21 bits per heavy atom. The van der Waals surface area contributed by atoms with Crippen LogP contribution in [0.5, 0.6) is 0 Å². The van der Waals surface area contributed by atoms with Crippen molar-refractivity contribution in [3.63, 3.8) is 0 Å². The molecule has 0 unspecified atom stereocenters. The SMILES string of the molecule is CC(C)C(=O)Nc1ccc(C(=O)[C@H](C)n2cnc3c2c(=O)n(C)c(=O)n3C)cc1. The van der Waals surface area contributed by atoms with Gasteiger partial charge in [0.2, 0.25) is 5.91 Å². The number of fused-ring (bicyclic) bond motifs is 1. The van der Waals surface area contributed by atoms with Crippen LogP contribution in [-0.2, 0) is 18.9 Å². The lowest BCUT2D eigenvalue weighted by Gasteiger charge is -2.14. The maximum Gasteiger partial charge on any atom is 0.332 e. The number of Topliss-reactive ketones (excluding diaryl/α,β-unsaturated/α-hetero) is 1. The van der Waals surface area contributed by atoms with Gasteiger partial charge in [0.05, 0.1) is 12.4 Å². The first kappa shape index (κ1) is 20.2. The first-order chi connectivity index (χ1) is 13.6. The minimum Gasteiger partial charge on any atom is -0.326 e. The standard InChI is InChI=1S/C20H23N5O4/c1-11(2)18(27)22-14-8-6-13(7-9-14)16(26)12(3)25-10-21-17-15(25)19(28)24(5)20(29)23(17)4/h6-12H,1-5H3,(H,22,27)/t12-/m0/s1. The largest absolute Gasteiger partial charge is 0.332 e. The Balaban J connectivity index is 1.94. The Labute approximate surface area is 166 Å². The minimum atomic E-state index is -0.707. The van der Waals surface area contributed by atoms with Crippen LogP contribution in [-0.4, -0.2) is 30.4 Å². The molecule has 29 heavy (non-hydrogen) atoms. The highest BCUT2D eigenvalue weighted by Crippen LogP contribution is 2.20. The smallest absolute Gasteiger partial charge is 0.326 e. The van der Waals surface area contributed by atoms with Gasteiger partial charge in [0.15, 0.2) is 16.9 Å². The maximum absolute atomic E-state index is 13.0. The van der Waals surface area contributed by atoms with E-state index >= 15 is 0 Å². The van der Waals surface area contributed by atoms with Crippen LogP contribution in [0.15, 0.2) is 40.2 Å². The number of carbonyl (C=O) groups is 2. The molecule has 1 aromatic carbocycles. The fourth-order valence-electron chi connectivity index (χ4n) is 3.03. The van der Waals surface area contributed by atoms with E-state index in [4.69, 9.17) is 0 Å². The molecule has 0 radical (unpaired) electrons. The summed E-state index contributed by atoms with van der Waals surface area (Å²) in [6, 6.07) is 5.87. The van der Waals surface area contributed by atoms with Crippen molar-refractivity contribution >= 4 is 28.5 Å². The number of nitrogens with one attached hydrogen (secondary N) is 1. The number of carbonyl (C=O) groups excluding carboxylic acids is 2. The molecule has 0 aliphatic rings. The molecule has 0 spiro atoms. The van der Waals surface area contributed by atoms with Crippen molar-refractivity contribution in [3.05, 3.63) is 57.0 Å². The number of nitrogens with zero attached hydrogens (tertiary/aromatic N) is 4. The molecule has 9 nitrogen and oxygen atoms in total. The van der Waals surface area contributed by atoms with Crippen LogP contribution in [0.25, 0.3) is 11.2 Å². The summed E-state index contributed by atoms with van der Waals surface area (Å²) in [5, 5.41) is 2.77. The Morgan fingerprint density at radius 2 is 1.62 bits per heavy atom. The Morgan fingerprint density at radius 1 is 1.00 bits per heavy atom. The van der Waals surface area contributed by atoms with E-state index in [1.165, 1.54) is 29.6 Å². The number of ketones is 1. The Hall–Kier alpha value is -3.49. The van der Waals surface area contributed by atoms with E-state index in [0.717, 1.165) is 4.57 Å². The molecule has 3 rings (SSSR count). The number of imidazole rings is 1. The van der Waals surface area contributed by atoms with E-state index < -0.39 is 17.3 Å². The predicted molar refractivity (Wildman–Crippen MR) is 109 cm³/mol. The molecule has 0 aliphatic heterocycles. The summed E-state index contributed by atoms with van der Waals surface area (Å²) >= 11 is 0. The van der Waals surface area contributed by atoms with E-state index in [9.17, 15) is 19.2 Å². The van der Waals surface area contributed by atoms with Crippen LogP contribution in [0.3, 0.4) is 0 Å². The van der Waals surface area contributed by atoms with Gasteiger partial charge in [0.1, 0.15) is 0 Å². The van der Waals surface area contributed by atoms with E-state index in [1.807, 2.05) is 0 Å². The van der Waals surface area contributed by atoms with Crippen LogP contribution < -0.4 is 16.6 Å². The van der Waals surface area contributed by atoms with Gasteiger partial charge in [-0.1, -0.05) is 13.8 Å². The Bertz CT molecular complexity index is 1210. The third-order valence-electron chi connectivity index (χ3n) is 4.93. The van der Waals surface area contributed by atoms with Crippen LogP contribution in [0, 0.1) is 5.92 Å². The molecule has 1 N–H and O–H groups in total. The predicted octanol–water partition coefficient (Wildman–Crippen LogP) is 1.47. The van der Waals surface area contributed by atoms with Gasteiger partial charge in [-0.3, -0.25) is 23.5 Å². The third kappa shape index (κ3) is 3.51. The van der Waals surface area contributed by atoms with Gasteiger partial charge in [0, 0.05) is 31.3 Å². The van der Waals surface area contributed by atoms with Gasteiger partial charge in [-0.15, -0.1) is 0 Å². The number of amides is 1. The topological polar surface area (TPSA) is 108 Å². The lowest BCUT2D eigenvalue weighted by Crippen LogP contribution is -2.38. The molecule has 1 atom stereocenters. The third-order valence-corrected chi connectivity index (χ3v) is 4.93. The summed E-state index contributed by atoms with van der Waals surface area (Å²) in [5.74, 6) is -0.477. The molecule has 2 heterocycles. The minimum absolute atomic E-state index is 0.108. The molecular formula is C20H23N5O4. The van der Waals surface area contributed by atoms with Crippen LogP contribution in [0.4, 0.5) is 5.69 Å². The molecule has 2 aromatic heterocycles. The molecule has 0 fully saturated rings. The number of benzene rings is 1. The molecule has 0 aliphatic carbocycles. The van der Waals surface area contributed by atoms with Crippen molar-refractivity contribution < 1.29 is 9.59 Å². The van der Waals surface area contributed by atoms with E-state index in [1.54, 1.807) is 45.0 Å². The maximum atomic E-state index is 13.0. The molecule has 3 aromatic rings.